The summed E-state index contributed by atoms with van der Waals surface area (Å²) in [6, 6.07) is 7.75. The molecular formula is C17H17FN2O3. The molecule has 120 valence electrons. The number of carbonyl (C=O) groups is 1. The normalized spacial score (nSPS) is 15.5. The van der Waals surface area contributed by atoms with Crippen LogP contribution in [-0.2, 0) is 11.8 Å². The highest BCUT2D eigenvalue weighted by molar-refractivity contribution is 5.89. The number of pyridine rings is 1. The number of anilines is 1. The van der Waals surface area contributed by atoms with Crippen LogP contribution in [0.3, 0.4) is 0 Å². The van der Waals surface area contributed by atoms with E-state index in [-0.39, 0.29) is 12.4 Å². The standard InChI is InChI=1S/C17H17FN2O3/c1-17(2)10-19(16(21)22)14-8-12(9-20(23)15(14)17)7-11-3-5-13(18)6-4-11/h3-6,8-9H,7,10H2,1-2H3,(H,21,22). The Hall–Kier alpha value is -2.63. The quantitative estimate of drug-likeness (QED) is 0.684. The van der Waals surface area contributed by atoms with Crippen LogP contribution in [0.1, 0.15) is 30.7 Å². The average Bonchev–Trinajstić information content (AvgIpc) is 2.73. The lowest BCUT2D eigenvalue weighted by Crippen LogP contribution is -2.39. The SMILES string of the molecule is CC1(C)CN(C(=O)O)c2cc(Cc3ccc(F)cc3)c[n+]([O-])c21. The van der Waals surface area contributed by atoms with Crippen molar-refractivity contribution in [1.82, 2.24) is 0 Å². The summed E-state index contributed by atoms with van der Waals surface area (Å²) >= 11 is 0. The van der Waals surface area contributed by atoms with E-state index >= 15 is 0 Å². The fraction of sp³-hybridized carbons (Fsp3) is 0.294. The zero-order valence-corrected chi connectivity index (χ0v) is 12.9. The molecule has 0 bridgehead atoms. The molecule has 0 aliphatic carbocycles. The summed E-state index contributed by atoms with van der Waals surface area (Å²) in [5.41, 5.74) is 1.89. The van der Waals surface area contributed by atoms with Gasteiger partial charge < -0.3 is 10.3 Å². The van der Waals surface area contributed by atoms with Gasteiger partial charge in [0.15, 0.2) is 6.20 Å². The first kappa shape index (κ1) is 15.3. The predicted molar refractivity (Wildman–Crippen MR) is 83.0 cm³/mol. The van der Waals surface area contributed by atoms with E-state index in [2.05, 4.69) is 0 Å². The zero-order chi connectivity index (χ0) is 16.8. The highest BCUT2D eigenvalue weighted by atomic mass is 19.1. The molecule has 2 aromatic rings. The minimum absolute atomic E-state index is 0.250. The fourth-order valence-corrected chi connectivity index (χ4v) is 3.12. The minimum Gasteiger partial charge on any atom is -0.618 e. The highest BCUT2D eigenvalue weighted by Crippen LogP contribution is 2.38. The van der Waals surface area contributed by atoms with Crippen molar-refractivity contribution < 1.29 is 19.0 Å². The van der Waals surface area contributed by atoms with Gasteiger partial charge in [-0.15, -0.1) is 0 Å². The number of fused-ring (bicyclic) bond motifs is 1. The smallest absolute Gasteiger partial charge is 0.412 e. The van der Waals surface area contributed by atoms with E-state index in [9.17, 15) is 19.5 Å². The Morgan fingerprint density at radius 2 is 2.00 bits per heavy atom. The number of rotatable bonds is 2. The first-order chi connectivity index (χ1) is 10.8. The molecule has 5 nitrogen and oxygen atoms in total. The van der Waals surface area contributed by atoms with E-state index < -0.39 is 11.5 Å². The van der Waals surface area contributed by atoms with Gasteiger partial charge in [-0.25, -0.2) is 9.18 Å². The van der Waals surface area contributed by atoms with E-state index in [1.807, 2.05) is 13.8 Å². The Bertz CT molecular complexity index is 772. The lowest BCUT2D eigenvalue weighted by atomic mass is 9.91. The summed E-state index contributed by atoms with van der Waals surface area (Å²) in [6.45, 7) is 3.95. The van der Waals surface area contributed by atoms with E-state index in [4.69, 9.17) is 0 Å². The monoisotopic (exact) mass is 316 g/mol. The van der Waals surface area contributed by atoms with E-state index in [1.165, 1.54) is 23.2 Å². The molecule has 0 radical (unpaired) electrons. The molecule has 0 unspecified atom stereocenters. The van der Waals surface area contributed by atoms with Crippen molar-refractivity contribution in [3.63, 3.8) is 0 Å². The van der Waals surface area contributed by atoms with Crippen molar-refractivity contribution in [2.45, 2.75) is 25.7 Å². The van der Waals surface area contributed by atoms with Gasteiger partial charge in [-0.1, -0.05) is 12.1 Å². The van der Waals surface area contributed by atoms with Crippen LogP contribution >= 0.6 is 0 Å². The molecule has 0 saturated heterocycles. The number of benzene rings is 1. The van der Waals surface area contributed by atoms with Crippen LogP contribution in [0.2, 0.25) is 0 Å². The third-order valence-corrected chi connectivity index (χ3v) is 4.11. The van der Waals surface area contributed by atoms with E-state index in [0.29, 0.717) is 23.4 Å². The zero-order valence-electron chi connectivity index (χ0n) is 12.9. The molecule has 1 aliphatic heterocycles. The van der Waals surface area contributed by atoms with Gasteiger partial charge in [0.05, 0.1) is 5.41 Å². The molecule has 3 rings (SSSR count). The van der Waals surface area contributed by atoms with Crippen LogP contribution in [0.4, 0.5) is 14.9 Å². The van der Waals surface area contributed by atoms with Crippen LogP contribution in [0.15, 0.2) is 36.5 Å². The molecule has 0 fully saturated rings. The lowest BCUT2D eigenvalue weighted by Gasteiger charge is -2.16. The second-order valence-corrected chi connectivity index (χ2v) is 6.46. The summed E-state index contributed by atoms with van der Waals surface area (Å²) in [6.07, 6.45) is 0.828. The second kappa shape index (κ2) is 5.22. The average molecular weight is 316 g/mol. The molecule has 6 heteroatoms. The summed E-state index contributed by atoms with van der Waals surface area (Å²) in [4.78, 5) is 12.6. The van der Waals surface area contributed by atoms with Gasteiger partial charge in [0.25, 0.3) is 0 Å². The van der Waals surface area contributed by atoms with Gasteiger partial charge in [0, 0.05) is 18.5 Å². The van der Waals surface area contributed by atoms with Crippen LogP contribution in [0.5, 0.6) is 0 Å². The van der Waals surface area contributed by atoms with Gasteiger partial charge in [0.1, 0.15) is 11.5 Å². The van der Waals surface area contributed by atoms with E-state index in [0.717, 1.165) is 10.3 Å². The Morgan fingerprint density at radius 3 is 2.61 bits per heavy atom. The maximum absolute atomic E-state index is 13.0. The number of halogens is 1. The molecule has 1 aromatic heterocycles. The van der Waals surface area contributed by atoms with Crippen LogP contribution in [-0.4, -0.2) is 17.7 Å². The molecule has 1 aliphatic rings. The first-order valence-corrected chi connectivity index (χ1v) is 7.29. The molecule has 1 amide bonds. The lowest BCUT2D eigenvalue weighted by molar-refractivity contribution is -0.616. The summed E-state index contributed by atoms with van der Waals surface area (Å²) in [5.74, 6) is -0.319. The van der Waals surface area contributed by atoms with Crippen molar-refractivity contribution in [3.8, 4) is 0 Å². The van der Waals surface area contributed by atoms with Gasteiger partial charge in [0.2, 0.25) is 5.69 Å². The van der Waals surface area contributed by atoms with Crippen molar-refractivity contribution in [2.24, 2.45) is 0 Å². The Labute approximate surface area is 133 Å². The first-order valence-electron chi connectivity index (χ1n) is 7.29. The Morgan fingerprint density at radius 1 is 1.35 bits per heavy atom. The highest BCUT2D eigenvalue weighted by Gasteiger charge is 2.45. The van der Waals surface area contributed by atoms with Crippen LogP contribution < -0.4 is 9.63 Å². The topological polar surface area (TPSA) is 67.5 Å². The molecule has 0 atom stereocenters. The van der Waals surface area contributed by atoms with Gasteiger partial charge in [-0.2, -0.15) is 4.73 Å². The molecule has 1 N–H and O–H groups in total. The summed E-state index contributed by atoms with van der Waals surface area (Å²) in [7, 11) is 0. The number of aromatic nitrogens is 1. The van der Waals surface area contributed by atoms with Crippen LogP contribution in [0, 0.1) is 11.0 Å². The second-order valence-electron chi connectivity index (χ2n) is 6.46. The Kier molecular flexibility index (Phi) is 3.47. The molecule has 0 spiro atoms. The number of carboxylic acid groups (broad SMARTS) is 1. The number of amides is 1. The summed E-state index contributed by atoms with van der Waals surface area (Å²) < 4.78 is 13.7. The van der Waals surface area contributed by atoms with Crippen molar-refractivity contribution in [1.29, 1.82) is 0 Å². The third kappa shape index (κ3) is 2.72. The molecule has 2 heterocycles. The van der Waals surface area contributed by atoms with Crippen molar-refractivity contribution in [2.75, 3.05) is 11.4 Å². The van der Waals surface area contributed by atoms with Gasteiger partial charge >= 0.3 is 6.09 Å². The Balaban J connectivity index is 2.02. The minimum atomic E-state index is -1.07. The number of hydrogen-bond acceptors (Lipinski definition) is 2. The largest absolute Gasteiger partial charge is 0.618 e. The summed E-state index contributed by atoms with van der Waals surface area (Å²) in [5, 5.41) is 21.8. The van der Waals surface area contributed by atoms with E-state index in [1.54, 1.807) is 18.2 Å². The fourth-order valence-electron chi connectivity index (χ4n) is 3.12. The number of hydrogen-bond donors (Lipinski definition) is 1. The van der Waals surface area contributed by atoms with Crippen LogP contribution in [0.25, 0.3) is 0 Å². The molecule has 23 heavy (non-hydrogen) atoms. The van der Waals surface area contributed by atoms with Gasteiger partial charge in [-0.3, -0.25) is 4.90 Å². The molecular weight excluding hydrogens is 299 g/mol. The maximum atomic E-state index is 13.0. The molecule has 0 saturated carbocycles. The maximum Gasteiger partial charge on any atom is 0.412 e. The predicted octanol–water partition coefficient (Wildman–Crippen LogP) is 2.83. The van der Waals surface area contributed by atoms with Gasteiger partial charge in [-0.05, 0) is 37.6 Å². The number of nitrogens with zero attached hydrogens (tertiary/aromatic N) is 2. The van der Waals surface area contributed by atoms with Crippen molar-refractivity contribution in [3.05, 3.63) is 64.4 Å². The van der Waals surface area contributed by atoms with Crippen molar-refractivity contribution >= 4 is 11.8 Å². The third-order valence-electron chi connectivity index (χ3n) is 4.11. The molecule has 1 aromatic carbocycles.